The summed E-state index contributed by atoms with van der Waals surface area (Å²) in [6.07, 6.45) is 10.6. The number of hydrogen-bond donors (Lipinski definition) is 1. The van der Waals surface area contributed by atoms with E-state index in [9.17, 15) is 4.79 Å². The number of aliphatic hydroxyl groups is 1. The molecule has 0 aliphatic heterocycles. The smallest absolute Gasteiger partial charge is 0.305 e. The maximum Gasteiger partial charge on any atom is 0.305 e. The quantitative estimate of drug-likeness (QED) is 0.422. The fourth-order valence-electron chi connectivity index (χ4n) is 1.74. The molecule has 102 valence electrons. The summed E-state index contributed by atoms with van der Waals surface area (Å²) < 4.78 is 5.08. The van der Waals surface area contributed by atoms with E-state index in [1.54, 1.807) is 0 Å². The Bertz CT molecular complexity index is 169. The standard InChI is InChI=1S/C14H28O3/c1-2-11-14(16)17-13-10-8-6-4-3-5-7-9-12-15/h15H,2-13H2,1H3. The maximum absolute atomic E-state index is 11.0. The molecule has 0 aromatic rings. The van der Waals surface area contributed by atoms with Crippen LogP contribution in [0.25, 0.3) is 0 Å². The summed E-state index contributed by atoms with van der Waals surface area (Å²) in [5.74, 6) is -0.0588. The van der Waals surface area contributed by atoms with Gasteiger partial charge in [-0.3, -0.25) is 4.79 Å². The highest BCUT2D eigenvalue weighted by molar-refractivity contribution is 5.69. The molecule has 0 fully saturated rings. The largest absolute Gasteiger partial charge is 0.466 e. The van der Waals surface area contributed by atoms with Crippen LogP contribution in [0.1, 0.15) is 71.1 Å². The second kappa shape index (κ2) is 13.5. The molecule has 0 atom stereocenters. The average molecular weight is 244 g/mol. The van der Waals surface area contributed by atoms with Gasteiger partial charge in [0.1, 0.15) is 0 Å². The Labute approximate surface area is 106 Å². The van der Waals surface area contributed by atoms with Crippen molar-refractivity contribution in [1.29, 1.82) is 0 Å². The van der Waals surface area contributed by atoms with Gasteiger partial charge in [0.25, 0.3) is 0 Å². The Kier molecular flexibility index (Phi) is 13.0. The Morgan fingerprint density at radius 3 is 2.00 bits per heavy atom. The van der Waals surface area contributed by atoms with E-state index in [4.69, 9.17) is 9.84 Å². The minimum atomic E-state index is -0.0588. The molecule has 0 bridgehead atoms. The topological polar surface area (TPSA) is 46.5 Å². The molecule has 0 aromatic carbocycles. The second-order valence-electron chi connectivity index (χ2n) is 4.52. The summed E-state index contributed by atoms with van der Waals surface area (Å²) in [6.45, 7) is 2.89. The number of rotatable bonds is 12. The van der Waals surface area contributed by atoms with E-state index in [1.807, 2.05) is 6.92 Å². The molecule has 0 spiro atoms. The van der Waals surface area contributed by atoms with Crippen molar-refractivity contribution in [3.8, 4) is 0 Å². The molecule has 0 aromatic heterocycles. The van der Waals surface area contributed by atoms with Gasteiger partial charge in [-0.25, -0.2) is 0 Å². The van der Waals surface area contributed by atoms with Gasteiger partial charge in [0, 0.05) is 13.0 Å². The summed E-state index contributed by atoms with van der Waals surface area (Å²) in [5.41, 5.74) is 0. The van der Waals surface area contributed by atoms with Gasteiger partial charge in [0.05, 0.1) is 6.61 Å². The first-order valence-electron chi connectivity index (χ1n) is 7.07. The number of aliphatic hydroxyl groups excluding tert-OH is 1. The highest BCUT2D eigenvalue weighted by Gasteiger charge is 1.99. The Morgan fingerprint density at radius 2 is 1.47 bits per heavy atom. The normalized spacial score (nSPS) is 10.5. The molecule has 3 nitrogen and oxygen atoms in total. The molecular formula is C14H28O3. The van der Waals surface area contributed by atoms with Crippen LogP contribution in [0.5, 0.6) is 0 Å². The van der Waals surface area contributed by atoms with Gasteiger partial charge in [-0.15, -0.1) is 0 Å². The lowest BCUT2D eigenvalue weighted by Crippen LogP contribution is -2.04. The van der Waals surface area contributed by atoms with Gasteiger partial charge in [-0.05, 0) is 19.3 Å². The van der Waals surface area contributed by atoms with Crippen molar-refractivity contribution in [3.63, 3.8) is 0 Å². The minimum Gasteiger partial charge on any atom is -0.466 e. The zero-order chi connectivity index (χ0) is 12.8. The number of ether oxygens (including phenoxy) is 1. The summed E-state index contributed by atoms with van der Waals surface area (Å²) in [5, 5.41) is 8.61. The summed E-state index contributed by atoms with van der Waals surface area (Å²) >= 11 is 0. The van der Waals surface area contributed by atoms with Crippen LogP contribution >= 0.6 is 0 Å². The molecule has 0 aliphatic rings. The zero-order valence-corrected chi connectivity index (χ0v) is 11.2. The molecule has 0 radical (unpaired) electrons. The van der Waals surface area contributed by atoms with Crippen LogP contribution in [0.15, 0.2) is 0 Å². The number of carbonyl (C=O) groups excluding carboxylic acids is 1. The van der Waals surface area contributed by atoms with Crippen molar-refractivity contribution in [2.45, 2.75) is 71.1 Å². The Balaban J connectivity index is 3.01. The number of unbranched alkanes of at least 4 members (excludes halogenated alkanes) is 7. The van der Waals surface area contributed by atoms with Crippen molar-refractivity contribution in [2.75, 3.05) is 13.2 Å². The first-order valence-corrected chi connectivity index (χ1v) is 7.07. The number of esters is 1. The monoisotopic (exact) mass is 244 g/mol. The van der Waals surface area contributed by atoms with Gasteiger partial charge >= 0.3 is 5.97 Å². The molecule has 0 amide bonds. The highest BCUT2D eigenvalue weighted by Crippen LogP contribution is 2.08. The first-order chi connectivity index (χ1) is 8.31. The van der Waals surface area contributed by atoms with Crippen LogP contribution in [0.2, 0.25) is 0 Å². The maximum atomic E-state index is 11.0. The third-order valence-electron chi connectivity index (χ3n) is 2.77. The van der Waals surface area contributed by atoms with Gasteiger partial charge in [-0.1, -0.05) is 45.4 Å². The lowest BCUT2D eigenvalue weighted by atomic mass is 10.1. The van der Waals surface area contributed by atoms with Crippen LogP contribution < -0.4 is 0 Å². The Hall–Kier alpha value is -0.570. The zero-order valence-electron chi connectivity index (χ0n) is 11.2. The van der Waals surface area contributed by atoms with Crippen LogP contribution in [-0.2, 0) is 9.53 Å². The van der Waals surface area contributed by atoms with Crippen LogP contribution in [-0.4, -0.2) is 24.3 Å². The fourth-order valence-corrected chi connectivity index (χ4v) is 1.74. The molecule has 0 unspecified atom stereocenters. The molecule has 0 aliphatic carbocycles. The van der Waals surface area contributed by atoms with E-state index in [1.165, 1.54) is 25.7 Å². The molecule has 3 heteroatoms. The predicted octanol–water partition coefficient (Wildman–Crippen LogP) is 3.44. The lowest BCUT2D eigenvalue weighted by Gasteiger charge is -2.04. The summed E-state index contributed by atoms with van der Waals surface area (Å²) in [7, 11) is 0. The average Bonchev–Trinajstić information content (AvgIpc) is 2.32. The second-order valence-corrected chi connectivity index (χ2v) is 4.52. The van der Waals surface area contributed by atoms with E-state index in [-0.39, 0.29) is 5.97 Å². The lowest BCUT2D eigenvalue weighted by molar-refractivity contribution is -0.143. The van der Waals surface area contributed by atoms with E-state index < -0.39 is 0 Å². The number of hydrogen-bond acceptors (Lipinski definition) is 3. The van der Waals surface area contributed by atoms with Crippen molar-refractivity contribution in [1.82, 2.24) is 0 Å². The van der Waals surface area contributed by atoms with Crippen LogP contribution in [0.4, 0.5) is 0 Å². The van der Waals surface area contributed by atoms with E-state index in [0.29, 0.717) is 19.6 Å². The molecule has 1 N–H and O–H groups in total. The van der Waals surface area contributed by atoms with Gasteiger partial charge in [-0.2, -0.15) is 0 Å². The van der Waals surface area contributed by atoms with Crippen molar-refractivity contribution in [2.24, 2.45) is 0 Å². The van der Waals surface area contributed by atoms with Crippen molar-refractivity contribution >= 4 is 5.97 Å². The summed E-state index contributed by atoms with van der Waals surface area (Å²) in [6, 6.07) is 0. The Morgan fingerprint density at radius 1 is 0.941 bits per heavy atom. The van der Waals surface area contributed by atoms with E-state index in [2.05, 4.69) is 0 Å². The van der Waals surface area contributed by atoms with E-state index in [0.717, 1.165) is 32.1 Å². The SMILES string of the molecule is CCCC(=O)OCCCCCCCCCCO. The third kappa shape index (κ3) is 13.4. The molecular weight excluding hydrogens is 216 g/mol. The van der Waals surface area contributed by atoms with Gasteiger partial charge in [0.15, 0.2) is 0 Å². The highest BCUT2D eigenvalue weighted by atomic mass is 16.5. The van der Waals surface area contributed by atoms with Gasteiger partial charge < -0.3 is 9.84 Å². The predicted molar refractivity (Wildman–Crippen MR) is 69.9 cm³/mol. The molecule has 0 saturated carbocycles. The van der Waals surface area contributed by atoms with Crippen LogP contribution in [0.3, 0.4) is 0 Å². The van der Waals surface area contributed by atoms with Gasteiger partial charge in [0.2, 0.25) is 0 Å². The molecule has 17 heavy (non-hydrogen) atoms. The minimum absolute atomic E-state index is 0.0588. The van der Waals surface area contributed by atoms with Crippen molar-refractivity contribution < 1.29 is 14.6 Å². The summed E-state index contributed by atoms with van der Waals surface area (Å²) in [4.78, 5) is 11.0. The fraction of sp³-hybridized carbons (Fsp3) is 0.929. The van der Waals surface area contributed by atoms with E-state index >= 15 is 0 Å². The third-order valence-corrected chi connectivity index (χ3v) is 2.77. The molecule has 0 rings (SSSR count). The van der Waals surface area contributed by atoms with Crippen LogP contribution in [0, 0.1) is 0 Å². The first kappa shape index (κ1) is 16.4. The van der Waals surface area contributed by atoms with Crippen molar-refractivity contribution in [3.05, 3.63) is 0 Å². The molecule has 0 heterocycles. The molecule has 0 saturated heterocycles. The number of carbonyl (C=O) groups is 1.